The van der Waals surface area contributed by atoms with Crippen LogP contribution in [0.2, 0.25) is 5.02 Å². The van der Waals surface area contributed by atoms with Crippen LogP contribution in [0.15, 0.2) is 23.1 Å². The van der Waals surface area contributed by atoms with E-state index in [2.05, 4.69) is 0 Å². The number of ether oxygens (including phenoxy) is 1. The first-order chi connectivity index (χ1) is 9.82. The van der Waals surface area contributed by atoms with Crippen molar-refractivity contribution < 1.29 is 13.2 Å². The summed E-state index contributed by atoms with van der Waals surface area (Å²) in [5, 5.41) is 8.87. The van der Waals surface area contributed by atoms with E-state index in [1.807, 2.05) is 19.9 Å². The van der Waals surface area contributed by atoms with Gasteiger partial charge in [-0.25, -0.2) is 8.42 Å². The van der Waals surface area contributed by atoms with Crippen molar-refractivity contribution in [1.82, 2.24) is 4.31 Å². The Bertz CT molecular complexity index is 624. The fourth-order valence-corrected chi connectivity index (χ4v) is 3.93. The molecule has 0 radical (unpaired) electrons. The molecule has 0 aliphatic heterocycles. The zero-order valence-corrected chi connectivity index (χ0v) is 13.9. The normalized spacial score (nSPS) is 11.9. The number of hydrogen-bond donors (Lipinski definition) is 0. The van der Waals surface area contributed by atoms with Crippen LogP contribution in [-0.2, 0) is 14.8 Å². The lowest BCUT2D eigenvalue weighted by molar-refractivity contribution is 0.175. The van der Waals surface area contributed by atoms with E-state index < -0.39 is 10.0 Å². The van der Waals surface area contributed by atoms with Crippen molar-refractivity contribution in [2.24, 2.45) is 5.92 Å². The minimum absolute atomic E-state index is 0.0138. The highest BCUT2D eigenvalue weighted by atomic mass is 35.5. The van der Waals surface area contributed by atoms with Gasteiger partial charge >= 0.3 is 0 Å². The lowest BCUT2D eigenvalue weighted by Crippen LogP contribution is -2.36. The van der Waals surface area contributed by atoms with E-state index >= 15 is 0 Å². The molecule has 0 aliphatic rings. The third-order valence-corrected chi connectivity index (χ3v) is 5.14. The predicted octanol–water partition coefficient (Wildman–Crippen LogP) is 2.50. The van der Waals surface area contributed by atoms with E-state index in [1.165, 1.54) is 29.6 Å². The van der Waals surface area contributed by atoms with E-state index in [-0.39, 0.29) is 22.4 Å². The molecule has 0 heterocycles. The van der Waals surface area contributed by atoms with Gasteiger partial charge < -0.3 is 4.74 Å². The first-order valence-corrected chi connectivity index (χ1v) is 8.33. The molecule has 5 nitrogen and oxygen atoms in total. The summed E-state index contributed by atoms with van der Waals surface area (Å²) in [4.78, 5) is 0.0138. The number of halogens is 1. The van der Waals surface area contributed by atoms with Gasteiger partial charge in [0.1, 0.15) is 4.90 Å². The van der Waals surface area contributed by atoms with Crippen molar-refractivity contribution in [3.05, 3.63) is 28.8 Å². The number of nitrogens with zero attached hydrogens (tertiary/aromatic N) is 2. The second-order valence-electron chi connectivity index (χ2n) is 5.01. The maximum Gasteiger partial charge on any atom is 0.244 e. The molecule has 0 saturated carbocycles. The topological polar surface area (TPSA) is 70.4 Å². The van der Waals surface area contributed by atoms with Gasteiger partial charge in [-0.3, -0.25) is 0 Å². The molecule has 116 valence electrons. The number of nitriles is 1. The van der Waals surface area contributed by atoms with Gasteiger partial charge in [0.25, 0.3) is 0 Å². The highest BCUT2D eigenvalue weighted by Crippen LogP contribution is 2.26. The highest BCUT2D eigenvalue weighted by Gasteiger charge is 2.27. The van der Waals surface area contributed by atoms with Gasteiger partial charge in [-0.15, -0.1) is 0 Å². The van der Waals surface area contributed by atoms with Crippen molar-refractivity contribution in [1.29, 1.82) is 5.26 Å². The van der Waals surface area contributed by atoms with Gasteiger partial charge in [-0.1, -0.05) is 25.4 Å². The molecule has 0 saturated heterocycles. The van der Waals surface area contributed by atoms with Gasteiger partial charge in [0.15, 0.2) is 0 Å². The van der Waals surface area contributed by atoms with Crippen LogP contribution in [-0.4, -0.2) is 39.5 Å². The Morgan fingerprint density at radius 2 is 2.10 bits per heavy atom. The molecule has 0 aliphatic carbocycles. The quantitative estimate of drug-likeness (QED) is 0.770. The minimum Gasteiger partial charge on any atom is -0.383 e. The Labute approximate surface area is 131 Å². The third kappa shape index (κ3) is 4.68. The van der Waals surface area contributed by atoms with Gasteiger partial charge in [-0.05, 0) is 24.1 Å². The summed E-state index contributed by atoms with van der Waals surface area (Å²) in [5.74, 6) is 0.175. The summed E-state index contributed by atoms with van der Waals surface area (Å²) in [5.41, 5.74) is 0.325. The standard InChI is InChI=1S/C14H19ClN2O3S/c1-11(2)10-17(6-7-20-3)21(18,19)14-5-4-12(9-16)8-13(14)15/h4-5,8,11H,6-7,10H2,1-3H3. The third-order valence-electron chi connectivity index (χ3n) is 2.79. The maximum absolute atomic E-state index is 12.7. The summed E-state index contributed by atoms with van der Waals surface area (Å²) < 4.78 is 31.7. The van der Waals surface area contributed by atoms with E-state index in [4.69, 9.17) is 21.6 Å². The highest BCUT2D eigenvalue weighted by molar-refractivity contribution is 7.89. The van der Waals surface area contributed by atoms with Crippen LogP contribution in [0, 0.1) is 17.2 Å². The molecular formula is C14H19ClN2O3S. The van der Waals surface area contributed by atoms with Crippen molar-refractivity contribution in [2.45, 2.75) is 18.7 Å². The fraction of sp³-hybridized carbons (Fsp3) is 0.500. The lowest BCUT2D eigenvalue weighted by atomic mass is 10.2. The van der Waals surface area contributed by atoms with Gasteiger partial charge in [-0.2, -0.15) is 9.57 Å². The Morgan fingerprint density at radius 3 is 2.57 bits per heavy atom. The molecule has 1 rings (SSSR count). The Hall–Kier alpha value is -1.13. The van der Waals surface area contributed by atoms with E-state index in [0.29, 0.717) is 18.7 Å². The second kappa shape index (κ2) is 7.76. The van der Waals surface area contributed by atoms with E-state index in [9.17, 15) is 8.42 Å². The Morgan fingerprint density at radius 1 is 1.43 bits per heavy atom. The van der Waals surface area contributed by atoms with Gasteiger partial charge in [0.05, 0.1) is 23.3 Å². The van der Waals surface area contributed by atoms with Crippen LogP contribution in [0.1, 0.15) is 19.4 Å². The van der Waals surface area contributed by atoms with Crippen LogP contribution in [0.25, 0.3) is 0 Å². The minimum atomic E-state index is -3.71. The molecule has 21 heavy (non-hydrogen) atoms. The summed E-state index contributed by atoms with van der Waals surface area (Å²) in [7, 11) is -2.19. The molecule has 0 fully saturated rings. The van der Waals surface area contributed by atoms with Crippen molar-refractivity contribution in [3.8, 4) is 6.07 Å². The number of hydrogen-bond acceptors (Lipinski definition) is 4. The van der Waals surface area contributed by atoms with Crippen LogP contribution in [0.5, 0.6) is 0 Å². The molecule has 0 amide bonds. The average molecular weight is 331 g/mol. The predicted molar refractivity (Wildman–Crippen MR) is 81.6 cm³/mol. The smallest absolute Gasteiger partial charge is 0.244 e. The largest absolute Gasteiger partial charge is 0.383 e. The fourth-order valence-electron chi connectivity index (χ4n) is 1.83. The zero-order chi connectivity index (χ0) is 16.0. The molecule has 0 N–H and O–H groups in total. The van der Waals surface area contributed by atoms with Crippen LogP contribution in [0.4, 0.5) is 0 Å². The van der Waals surface area contributed by atoms with Crippen molar-refractivity contribution >= 4 is 21.6 Å². The number of methoxy groups -OCH3 is 1. The molecule has 0 bridgehead atoms. The van der Waals surface area contributed by atoms with Crippen LogP contribution < -0.4 is 0 Å². The van der Waals surface area contributed by atoms with Gasteiger partial charge in [0, 0.05) is 20.2 Å². The zero-order valence-electron chi connectivity index (χ0n) is 12.3. The summed E-state index contributed by atoms with van der Waals surface area (Å²) >= 11 is 6.02. The molecule has 0 spiro atoms. The van der Waals surface area contributed by atoms with Crippen molar-refractivity contribution in [3.63, 3.8) is 0 Å². The molecule has 0 atom stereocenters. The molecule has 1 aromatic rings. The molecule has 0 aromatic heterocycles. The van der Waals surface area contributed by atoms with E-state index in [0.717, 1.165) is 0 Å². The van der Waals surface area contributed by atoms with Crippen molar-refractivity contribution in [2.75, 3.05) is 26.8 Å². The SMILES string of the molecule is COCCN(CC(C)C)S(=O)(=O)c1ccc(C#N)cc1Cl. The number of rotatable bonds is 7. The number of sulfonamides is 1. The second-order valence-corrected chi connectivity index (χ2v) is 7.32. The van der Waals surface area contributed by atoms with Crippen LogP contribution >= 0.6 is 11.6 Å². The monoisotopic (exact) mass is 330 g/mol. The summed E-state index contributed by atoms with van der Waals surface area (Å²) in [6.45, 7) is 4.82. The van der Waals surface area contributed by atoms with E-state index in [1.54, 1.807) is 0 Å². The maximum atomic E-state index is 12.7. The molecule has 7 heteroatoms. The first-order valence-electron chi connectivity index (χ1n) is 6.51. The summed E-state index contributed by atoms with van der Waals surface area (Å²) in [6, 6.07) is 6.11. The van der Waals surface area contributed by atoms with Crippen LogP contribution in [0.3, 0.4) is 0 Å². The Balaban J connectivity index is 3.19. The lowest BCUT2D eigenvalue weighted by Gasteiger charge is -2.24. The number of benzene rings is 1. The van der Waals surface area contributed by atoms with Gasteiger partial charge in [0.2, 0.25) is 10.0 Å². The molecular weight excluding hydrogens is 312 g/mol. The Kier molecular flexibility index (Phi) is 6.62. The summed E-state index contributed by atoms with van der Waals surface area (Å²) in [6.07, 6.45) is 0. The molecule has 1 aromatic carbocycles. The molecule has 0 unspecified atom stereocenters. The first kappa shape index (κ1) is 17.9. The average Bonchev–Trinajstić information content (AvgIpc) is 2.42.